The molecule has 16 heavy (non-hydrogen) atoms. The number of hydrogen-bond donors (Lipinski definition) is 1. The topological polar surface area (TPSA) is 42.0 Å². The van der Waals surface area contributed by atoms with E-state index in [-0.39, 0.29) is 17.3 Å². The first-order valence-electron chi connectivity index (χ1n) is 5.47. The fourth-order valence-electron chi connectivity index (χ4n) is 2.05. The van der Waals surface area contributed by atoms with E-state index in [2.05, 4.69) is 10.3 Å². The third-order valence-electron chi connectivity index (χ3n) is 2.86. The second-order valence-electron chi connectivity index (χ2n) is 4.17. The second-order valence-corrected chi connectivity index (χ2v) is 5.94. The summed E-state index contributed by atoms with van der Waals surface area (Å²) < 4.78 is 0. The molecule has 1 N–H and O–H groups in total. The first kappa shape index (κ1) is 11.9. The van der Waals surface area contributed by atoms with Gasteiger partial charge in [-0.1, -0.05) is 0 Å². The van der Waals surface area contributed by atoms with Crippen LogP contribution >= 0.6 is 22.9 Å². The van der Waals surface area contributed by atoms with E-state index < -0.39 is 0 Å². The second kappa shape index (κ2) is 4.72. The van der Waals surface area contributed by atoms with Crippen LogP contribution in [-0.2, 0) is 0 Å². The molecule has 0 aliphatic heterocycles. The Labute approximate surface area is 104 Å². The summed E-state index contributed by atoms with van der Waals surface area (Å²) in [5.41, 5.74) is 0.809. The van der Waals surface area contributed by atoms with Crippen molar-refractivity contribution in [1.29, 1.82) is 0 Å². The van der Waals surface area contributed by atoms with Crippen molar-refractivity contribution < 1.29 is 4.79 Å². The van der Waals surface area contributed by atoms with E-state index in [0.717, 1.165) is 30.0 Å². The number of rotatable bonds is 2. The van der Waals surface area contributed by atoms with Gasteiger partial charge >= 0.3 is 0 Å². The van der Waals surface area contributed by atoms with Gasteiger partial charge in [0.2, 0.25) is 0 Å². The molecule has 3 nitrogen and oxygen atoms in total. The van der Waals surface area contributed by atoms with Gasteiger partial charge in [-0.15, -0.1) is 22.9 Å². The lowest BCUT2D eigenvalue weighted by Crippen LogP contribution is -2.37. The monoisotopic (exact) mass is 258 g/mol. The fraction of sp³-hybridized carbons (Fsp3) is 0.636. The van der Waals surface area contributed by atoms with Gasteiger partial charge in [-0.3, -0.25) is 4.79 Å². The van der Waals surface area contributed by atoms with Crippen molar-refractivity contribution >= 4 is 28.8 Å². The van der Waals surface area contributed by atoms with Crippen LogP contribution in [0.1, 0.15) is 39.6 Å². The molecule has 0 radical (unpaired) electrons. The Hall–Kier alpha value is -0.610. The molecule has 1 aromatic rings. The van der Waals surface area contributed by atoms with Crippen LogP contribution in [0.5, 0.6) is 0 Å². The van der Waals surface area contributed by atoms with Crippen LogP contribution in [0.4, 0.5) is 0 Å². The van der Waals surface area contributed by atoms with Crippen molar-refractivity contribution in [3.05, 3.63) is 15.6 Å². The van der Waals surface area contributed by atoms with Gasteiger partial charge in [0.15, 0.2) is 0 Å². The molecule has 1 heterocycles. The zero-order valence-electron chi connectivity index (χ0n) is 9.42. The summed E-state index contributed by atoms with van der Waals surface area (Å²) in [6.07, 6.45) is 3.07. The molecule has 88 valence electrons. The van der Waals surface area contributed by atoms with Crippen molar-refractivity contribution in [3.63, 3.8) is 0 Å². The van der Waals surface area contributed by atoms with Crippen LogP contribution in [-0.4, -0.2) is 22.3 Å². The lowest BCUT2D eigenvalue weighted by Gasteiger charge is -2.15. The Morgan fingerprint density at radius 2 is 2.25 bits per heavy atom. The maximum atomic E-state index is 12.0. The normalized spacial score (nSPS) is 24.7. The van der Waals surface area contributed by atoms with Crippen molar-refractivity contribution in [2.75, 3.05) is 0 Å². The number of nitrogens with zero attached hydrogens (tertiary/aromatic N) is 1. The van der Waals surface area contributed by atoms with E-state index in [9.17, 15) is 4.79 Å². The molecule has 5 heteroatoms. The van der Waals surface area contributed by atoms with Gasteiger partial charge in [-0.25, -0.2) is 4.98 Å². The zero-order chi connectivity index (χ0) is 11.7. The zero-order valence-corrected chi connectivity index (χ0v) is 11.0. The van der Waals surface area contributed by atoms with Crippen LogP contribution in [0.2, 0.25) is 0 Å². The van der Waals surface area contributed by atoms with Gasteiger partial charge in [-0.05, 0) is 33.1 Å². The van der Waals surface area contributed by atoms with Crippen molar-refractivity contribution in [2.24, 2.45) is 0 Å². The Morgan fingerprint density at radius 1 is 1.50 bits per heavy atom. The molecule has 1 fully saturated rings. The first-order valence-corrected chi connectivity index (χ1v) is 6.72. The number of aromatic nitrogens is 1. The average Bonchev–Trinajstić information content (AvgIpc) is 2.74. The summed E-state index contributed by atoms with van der Waals surface area (Å²) in [7, 11) is 0. The summed E-state index contributed by atoms with van der Waals surface area (Å²) in [5, 5.41) is 4.01. The van der Waals surface area contributed by atoms with E-state index >= 15 is 0 Å². The van der Waals surface area contributed by atoms with Gasteiger partial charge in [-0.2, -0.15) is 0 Å². The summed E-state index contributed by atoms with van der Waals surface area (Å²) in [5.74, 6) is -0.0272. The Bertz CT molecular complexity index is 405. The molecular weight excluding hydrogens is 244 g/mol. The summed E-state index contributed by atoms with van der Waals surface area (Å²) in [6, 6.07) is 0.121. The van der Waals surface area contributed by atoms with Crippen molar-refractivity contribution in [3.8, 4) is 0 Å². The van der Waals surface area contributed by atoms with Gasteiger partial charge in [0.05, 0.1) is 16.1 Å². The lowest BCUT2D eigenvalue weighted by molar-refractivity contribution is 0.0941. The average molecular weight is 259 g/mol. The highest BCUT2D eigenvalue weighted by atomic mass is 35.5. The van der Waals surface area contributed by atoms with E-state index in [4.69, 9.17) is 11.6 Å². The quantitative estimate of drug-likeness (QED) is 0.829. The summed E-state index contributed by atoms with van der Waals surface area (Å²) in [6.45, 7) is 3.78. The molecule has 0 saturated heterocycles. The Balaban J connectivity index is 2.05. The smallest absolute Gasteiger partial charge is 0.263 e. The molecule has 0 aromatic carbocycles. The van der Waals surface area contributed by atoms with Gasteiger partial charge in [0.25, 0.3) is 5.91 Å². The molecule has 2 unspecified atom stereocenters. The van der Waals surface area contributed by atoms with E-state index in [1.54, 1.807) is 0 Å². The van der Waals surface area contributed by atoms with Crippen LogP contribution in [0, 0.1) is 13.8 Å². The van der Waals surface area contributed by atoms with Crippen LogP contribution in [0.15, 0.2) is 0 Å². The standard InChI is InChI=1S/C11H15ClN2OS/c1-6-10(16-7(2)13-6)11(15)14-9-5-3-4-8(9)12/h8-9H,3-5H2,1-2H3,(H,14,15). The van der Waals surface area contributed by atoms with Crippen LogP contribution in [0.25, 0.3) is 0 Å². The maximum Gasteiger partial charge on any atom is 0.263 e. The molecule has 0 spiro atoms. The van der Waals surface area contributed by atoms with E-state index in [0.29, 0.717) is 4.88 Å². The lowest BCUT2D eigenvalue weighted by atomic mass is 10.2. The van der Waals surface area contributed by atoms with Crippen LogP contribution < -0.4 is 5.32 Å². The highest BCUT2D eigenvalue weighted by Gasteiger charge is 2.27. The molecule has 0 bridgehead atoms. The van der Waals surface area contributed by atoms with Crippen molar-refractivity contribution in [1.82, 2.24) is 10.3 Å². The van der Waals surface area contributed by atoms with Crippen molar-refractivity contribution in [2.45, 2.75) is 44.5 Å². The minimum Gasteiger partial charge on any atom is -0.347 e. The molecular formula is C11H15ClN2OS. The summed E-state index contributed by atoms with van der Waals surface area (Å²) in [4.78, 5) is 16.9. The predicted octanol–water partition coefficient (Wildman–Crippen LogP) is 2.65. The predicted molar refractivity (Wildman–Crippen MR) is 66.3 cm³/mol. The molecule has 2 atom stereocenters. The molecule has 1 aromatic heterocycles. The minimum atomic E-state index is -0.0272. The third-order valence-corrected chi connectivity index (χ3v) is 4.45. The van der Waals surface area contributed by atoms with Gasteiger partial charge < -0.3 is 5.32 Å². The molecule has 1 aliphatic rings. The number of nitrogens with one attached hydrogen (secondary N) is 1. The Kier molecular flexibility index (Phi) is 3.50. The van der Waals surface area contributed by atoms with Gasteiger partial charge in [0, 0.05) is 6.04 Å². The van der Waals surface area contributed by atoms with E-state index in [1.807, 2.05) is 13.8 Å². The summed E-state index contributed by atoms with van der Waals surface area (Å²) >= 11 is 7.57. The number of carbonyl (C=O) groups excluding carboxylic acids is 1. The highest BCUT2D eigenvalue weighted by molar-refractivity contribution is 7.13. The number of hydrogen-bond acceptors (Lipinski definition) is 3. The SMILES string of the molecule is Cc1nc(C)c(C(=O)NC2CCCC2Cl)s1. The fourth-order valence-corrected chi connectivity index (χ4v) is 3.22. The number of thiazole rings is 1. The minimum absolute atomic E-state index is 0.0272. The van der Waals surface area contributed by atoms with Crippen LogP contribution in [0.3, 0.4) is 0 Å². The highest BCUT2D eigenvalue weighted by Crippen LogP contribution is 2.25. The number of alkyl halides is 1. The molecule has 1 amide bonds. The number of amides is 1. The molecule has 1 saturated carbocycles. The molecule has 2 rings (SSSR count). The number of aryl methyl sites for hydroxylation is 2. The Morgan fingerprint density at radius 3 is 2.75 bits per heavy atom. The van der Waals surface area contributed by atoms with E-state index in [1.165, 1.54) is 11.3 Å². The maximum absolute atomic E-state index is 12.0. The first-order chi connectivity index (χ1) is 7.58. The number of carbonyl (C=O) groups is 1. The molecule has 1 aliphatic carbocycles. The number of halogens is 1. The van der Waals surface area contributed by atoms with Gasteiger partial charge in [0.1, 0.15) is 4.88 Å². The third kappa shape index (κ3) is 2.38. The largest absolute Gasteiger partial charge is 0.347 e.